The third kappa shape index (κ3) is 3.04. The molecule has 1 saturated heterocycles. The number of carbonyl (C=O) groups excluding carboxylic acids is 1. The van der Waals surface area contributed by atoms with E-state index < -0.39 is 0 Å². The molecule has 0 atom stereocenters. The summed E-state index contributed by atoms with van der Waals surface area (Å²) in [6, 6.07) is 9.44. The maximum atomic E-state index is 12.3. The topological polar surface area (TPSA) is 54.3 Å². The Hall–Kier alpha value is -2.14. The van der Waals surface area contributed by atoms with E-state index in [4.69, 9.17) is 0 Å². The molecule has 116 valence electrons. The van der Waals surface area contributed by atoms with E-state index in [1.54, 1.807) is 10.6 Å². The van der Waals surface area contributed by atoms with Crippen LogP contribution in [0.4, 0.5) is 0 Å². The first-order valence-corrected chi connectivity index (χ1v) is 7.74. The van der Waals surface area contributed by atoms with Crippen molar-refractivity contribution in [2.75, 3.05) is 26.2 Å². The predicted molar refractivity (Wildman–Crippen MR) is 87.0 cm³/mol. The van der Waals surface area contributed by atoms with Crippen molar-refractivity contribution in [3.8, 4) is 0 Å². The number of rotatable bonds is 3. The first-order chi connectivity index (χ1) is 10.6. The molecule has 5 heteroatoms. The predicted octanol–water partition coefficient (Wildman–Crippen LogP) is 1.13. The van der Waals surface area contributed by atoms with Gasteiger partial charge in [0, 0.05) is 45.2 Å². The number of piperazine rings is 1. The fourth-order valence-electron chi connectivity index (χ4n) is 2.93. The van der Waals surface area contributed by atoms with Gasteiger partial charge in [-0.3, -0.25) is 9.59 Å². The average molecular weight is 299 g/mol. The molecule has 0 aliphatic carbocycles. The van der Waals surface area contributed by atoms with Crippen molar-refractivity contribution in [3.63, 3.8) is 0 Å². The minimum atomic E-state index is -0.0514. The Morgan fingerprint density at radius 1 is 1.18 bits per heavy atom. The van der Waals surface area contributed by atoms with Crippen molar-refractivity contribution >= 4 is 16.8 Å². The lowest BCUT2D eigenvalue weighted by molar-refractivity contribution is -0.131. The standard InChI is InChI=1S/C17H21N3O2/c1-13-2-4-15-14(12-13)3-5-17(22)20(15)9-6-16(21)19-10-7-18-8-11-19/h2-5,12,18H,6-11H2,1H3. The minimum Gasteiger partial charge on any atom is -0.340 e. The van der Waals surface area contributed by atoms with Crippen LogP contribution in [0.5, 0.6) is 0 Å². The van der Waals surface area contributed by atoms with Crippen LogP contribution in [0.3, 0.4) is 0 Å². The molecule has 3 rings (SSSR count). The Morgan fingerprint density at radius 2 is 1.95 bits per heavy atom. The van der Waals surface area contributed by atoms with Gasteiger partial charge in [0.15, 0.2) is 0 Å². The lowest BCUT2D eigenvalue weighted by Gasteiger charge is -2.27. The van der Waals surface area contributed by atoms with Crippen LogP contribution in [0.1, 0.15) is 12.0 Å². The molecule has 1 fully saturated rings. The molecular formula is C17H21N3O2. The van der Waals surface area contributed by atoms with Crippen LogP contribution >= 0.6 is 0 Å². The van der Waals surface area contributed by atoms with E-state index >= 15 is 0 Å². The summed E-state index contributed by atoms with van der Waals surface area (Å²) in [5.41, 5.74) is 2.00. The molecule has 0 radical (unpaired) electrons. The van der Waals surface area contributed by atoms with E-state index in [1.807, 2.05) is 30.0 Å². The van der Waals surface area contributed by atoms with E-state index in [2.05, 4.69) is 11.4 Å². The minimum absolute atomic E-state index is 0.0514. The molecule has 1 N–H and O–H groups in total. The number of aryl methyl sites for hydroxylation is 2. The van der Waals surface area contributed by atoms with Gasteiger partial charge in [0.1, 0.15) is 0 Å². The van der Waals surface area contributed by atoms with Gasteiger partial charge in [0.05, 0.1) is 5.52 Å². The van der Waals surface area contributed by atoms with Gasteiger partial charge in [0.25, 0.3) is 5.56 Å². The number of benzene rings is 1. The number of nitrogens with one attached hydrogen (secondary N) is 1. The highest BCUT2D eigenvalue weighted by Gasteiger charge is 2.16. The van der Waals surface area contributed by atoms with Crippen LogP contribution in [0.25, 0.3) is 10.9 Å². The lowest BCUT2D eigenvalue weighted by Crippen LogP contribution is -2.46. The number of hydrogen-bond donors (Lipinski definition) is 1. The molecule has 0 unspecified atom stereocenters. The molecular weight excluding hydrogens is 278 g/mol. The summed E-state index contributed by atoms with van der Waals surface area (Å²) in [5, 5.41) is 4.27. The van der Waals surface area contributed by atoms with Crippen molar-refractivity contribution in [1.82, 2.24) is 14.8 Å². The molecule has 2 aromatic rings. The third-order valence-electron chi connectivity index (χ3n) is 4.16. The van der Waals surface area contributed by atoms with Gasteiger partial charge in [-0.15, -0.1) is 0 Å². The monoisotopic (exact) mass is 299 g/mol. The summed E-state index contributed by atoms with van der Waals surface area (Å²) >= 11 is 0. The summed E-state index contributed by atoms with van der Waals surface area (Å²) < 4.78 is 1.70. The molecule has 0 saturated carbocycles. The number of hydrogen-bond acceptors (Lipinski definition) is 3. The van der Waals surface area contributed by atoms with Gasteiger partial charge in [-0.25, -0.2) is 0 Å². The van der Waals surface area contributed by atoms with Crippen molar-refractivity contribution in [2.24, 2.45) is 0 Å². The number of aromatic nitrogens is 1. The highest BCUT2D eigenvalue weighted by Crippen LogP contribution is 2.14. The van der Waals surface area contributed by atoms with Crippen molar-refractivity contribution in [3.05, 3.63) is 46.2 Å². The molecule has 22 heavy (non-hydrogen) atoms. The average Bonchev–Trinajstić information content (AvgIpc) is 2.54. The summed E-state index contributed by atoms with van der Waals surface area (Å²) in [7, 11) is 0. The fourth-order valence-corrected chi connectivity index (χ4v) is 2.93. The summed E-state index contributed by atoms with van der Waals surface area (Å²) in [5.74, 6) is 0.123. The van der Waals surface area contributed by atoms with Crippen molar-refractivity contribution in [1.29, 1.82) is 0 Å². The van der Waals surface area contributed by atoms with Gasteiger partial charge in [-0.2, -0.15) is 0 Å². The van der Waals surface area contributed by atoms with Crippen molar-refractivity contribution < 1.29 is 4.79 Å². The number of nitrogens with zero attached hydrogens (tertiary/aromatic N) is 2. The molecule has 2 heterocycles. The van der Waals surface area contributed by atoms with Crippen LogP contribution in [0.15, 0.2) is 35.1 Å². The van der Waals surface area contributed by atoms with E-state index in [-0.39, 0.29) is 11.5 Å². The van der Waals surface area contributed by atoms with E-state index in [0.717, 1.165) is 42.6 Å². The van der Waals surface area contributed by atoms with Gasteiger partial charge in [-0.1, -0.05) is 11.6 Å². The number of fused-ring (bicyclic) bond motifs is 1. The highest BCUT2D eigenvalue weighted by molar-refractivity contribution is 5.80. The Labute approximate surface area is 129 Å². The Bertz CT molecular complexity index is 745. The number of pyridine rings is 1. The van der Waals surface area contributed by atoms with Crippen molar-refractivity contribution in [2.45, 2.75) is 19.9 Å². The van der Waals surface area contributed by atoms with Gasteiger partial charge < -0.3 is 14.8 Å². The maximum Gasteiger partial charge on any atom is 0.251 e. The van der Waals surface area contributed by atoms with Gasteiger partial charge >= 0.3 is 0 Å². The molecule has 0 spiro atoms. The quantitative estimate of drug-likeness (QED) is 0.924. The Morgan fingerprint density at radius 3 is 2.73 bits per heavy atom. The summed E-state index contributed by atoms with van der Waals surface area (Å²) in [6.45, 7) is 5.66. The SMILES string of the molecule is Cc1ccc2c(ccc(=O)n2CCC(=O)N2CCNCC2)c1. The normalized spacial score (nSPS) is 15.2. The van der Waals surface area contributed by atoms with Crippen LogP contribution in [-0.4, -0.2) is 41.6 Å². The van der Waals surface area contributed by atoms with Crippen LogP contribution in [0.2, 0.25) is 0 Å². The zero-order chi connectivity index (χ0) is 15.5. The van der Waals surface area contributed by atoms with Crippen LogP contribution < -0.4 is 10.9 Å². The molecule has 1 aromatic carbocycles. The maximum absolute atomic E-state index is 12.3. The zero-order valence-electron chi connectivity index (χ0n) is 12.8. The fraction of sp³-hybridized carbons (Fsp3) is 0.412. The smallest absolute Gasteiger partial charge is 0.251 e. The summed E-state index contributed by atoms with van der Waals surface area (Å²) in [4.78, 5) is 26.3. The van der Waals surface area contributed by atoms with E-state index in [0.29, 0.717) is 13.0 Å². The second-order valence-electron chi connectivity index (χ2n) is 5.77. The molecule has 1 aliphatic rings. The second kappa shape index (κ2) is 6.32. The molecule has 1 aromatic heterocycles. The Balaban J connectivity index is 1.80. The first-order valence-electron chi connectivity index (χ1n) is 7.74. The zero-order valence-corrected chi connectivity index (χ0v) is 12.8. The summed E-state index contributed by atoms with van der Waals surface area (Å²) in [6.07, 6.45) is 0.368. The van der Waals surface area contributed by atoms with Gasteiger partial charge in [0.2, 0.25) is 5.91 Å². The van der Waals surface area contributed by atoms with Crippen LogP contribution in [-0.2, 0) is 11.3 Å². The molecule has 1 amide bonds. The first kappa shape index (κ1) is 14.8. The number of carbonyl (C=O) groups is 1. The third-order valence-corrected chi connectivity index (χ3v) is 4.16. The highest BCUT2D eigenvalue weighted by atomic mass is 16.2. The largest absolute Gasteiger partial charge is 0.340 e. The number of amides is 1. The molecule has 1 aliphatic heterocycles. The van der Waals surface area contributed by atoms with E-state index in [9.17, 15) is 9.59 Å². The lowest BCUT2D eigenvalue weighted by atomic mass is 10.1. The second-order valence-corrected chi connectivity index (χ2v) is 5.77. The van der Waals surface area contributed by atoms with E-state index in [1.165, 1.54) is 0 Å². The van der Waals surface area contributed by atoms with Gasteiger partial charge in [-0.05, 0) is 30.5 Å². The van der Waals surface area contributed by atoms with Crippen LogP contribution in [0, 0.1) is 6.92 Å². The molecule has 5 nitrogen and oxygen atoms in total. The Kier molecular flexibility index (Phi) is 4.24. The molecule has 0 bridgehead atoms.